The minimum Gasteiger partial charge on any atom is -0.396 e. The molecule has 1 saturated heterocycles. The Morgan fingerprint density at radius 2 is 1.76 bits per heavy atom. The molecule has 7 nitrogen and oxygen atoms in total. The van der Waals surface area contributed by atoms with Crippen LogP contribution in [0.4, 0.5) is 0 Å². The summed E-state index contributed by atoms with van der Waals surface area (Å²) in [6.07, 6.45) is -6.34. The van der Waals surface area contributed by atoms with E-state index in [-0.39, 0.29) is 12.7 Å². The minimum absolute atomic E-state index is 0.0708. The van der Waals surface area contributed by atoms with Crippen molar-refractivity contribution in [1.82, 2.24) is 0 Å². The zero-order chi connectivity index (χ0) is 13.0. The maximum Gasteiger partial charge on any atom is 0.186 e. The third-order valence-corrected chi connectivity index (χ3v) is 2.75. The molecule has 0 amide bonds. The van der Waals surface area contributed by atoms with Crippen molar-refractivity contribution in [3.05, 3.63) is 0 Å². The molecule has 1 heterocycles. The van der Waals surface area contributed by atoms with Crippen molar-refractivity contribution < 1.29 is 35.0 Å². The van der Waals surface area contributed by atoms with Crippen LogP contribution in [-0.4, -0.2) is 75.6 Å². The average molecular weight is 252 g/mol. The standard InChI is InChI=1S/C10H20O7/c1-5(2-3-11)16-10-9(15)8(14)7(13)6(4-12)17-10/h5-15H,2-4H2,1H3/t5-,6-,7-,8+,9-,10-/m1/s1. The van der Waals surface area contributed by atoms with Gasteiger partial charge in [-0.15, -0.1) is 0 Å². The first kappa shape index (κ1) is 14.8. The SMILES string of the molecule is C[C@H](CCO)O[C@@H]1O[C@H](CO)[C@@H](O)[C@H](O)[C@H]1O. The molecule has 7 heteroatoms. The van der Waals surface area contributed by atoms with E-state index in [0.29, 0.717) is 6.42 Å². The first-order valence-corrected chi connectivity index (χ1v) is 5.58. The van der Waals surface area contributed by atoms with E-state index in [0.717, 1.165) is 0 Å². The molecule has 1 rings (SSSR count). The zero-order valence-electron chi connectivity index (χ0n) is 9.64. The van der Waals surface area contributed by atoms with E-state index in [9.17, 15) is 15.3 Å². The van der Waals surface area contributed by atoms with Gasteiger partial charge >= 0.3 is 0 Å². The van der Waals surface area contributed by atoms with Gasteiger partial charge in [0.25, 0.3) is 0 Å². The van der Waals surface area contributed by atoms with E-state index >= 15 is 0 Å². The summed E-state index contributed by atoms with van der Waals surface area (Å²) in [6, 6.07) is 0. The van der Waals surface area contributed by atoms with Crippen molar-refractivity contribution in [2.45, 2.75) is 50.2 Å². The van der Waals surface area contributed by atoms with E-state index in [1.54, 1.807) is 6.92 Å². The third-order valence-electron chi connectivity index (χ3n) is 2.75. The topological polar surface area (TPSA) is 120 Å². The van der Waals surface area contributed by atoms with E-state index in [2.05, 4.69) is 0 Å². The van der Waals surface area contributed by atoms with Gasteiger partial charge in [-0.05, 0) is 13.3 Å². The fourth-order valence-corrected chi connectivity index (χ4v) is 1.66. The van der Waals surface area contributed by atoms with E-state index in [4.69, 9.17) is 19.7 Å². The lowest BCUT2D eigenvalue weighted by molar-refractivity contribution is -0.310. The lowest BCUT2D eigenvalue weighted by Gasteiger charge is -2.40. The van der Waals surface area contributed by atoms with Crippen molar-refractivity contribution in [2.75, 3.05) is 13.2 Å². The summed E-state index contributed by atoms with van der Waals surface area (Å²) in [6.45, 7) is 1.12. The van der Waals surface area contributed by atoms with Crippen molar-refractivity contribution >= 4 is 0 Å². The van der Waals surface area contributed by atoms with E-state index in [1.807, 2.05) is 0 Å². The molecule has 5 N–H and O–H groups in total. The van der Waals surface area contributed by atoms with Crippen LogP contribution in [0.5, 0.6) is 0 Å². The number of rotatable bonds is 5. The van der Waals surface area contributed by atoms with E-state index in [1.165, 1.54) is 0 Å². The molecule has 0 bridgehead atoms. The highest BCUT2D eigenvalue weighted by Gasteiger charge is 2.44. The lowest BCUT2D eigenvalue weighted by Crippen LogP contribution is -2.59. The smallest absolute Gasteiger partial charge is 0.186 e. The van der Waals surface area contributed by atoms with Gasteiger partial charge in [0.05, 0.1) is 12.7 Å². The van der Waals surface area contributed by atoms with Crippen molar-refractivity contribution in [2.24, 2.45) is 0 Å². The van der Waals surface area contributed by atoms with Crippen LogP contribution < -0.4 is 0 Å². The number of hydrogen-bond acceptors (Lipinski definition) is 7. The molecule has 102 valence electrons. The molecule has 0 aliphatic carbocycles. The molecule has 1 fully saturated rings. The van der Waals surface area contributed by atoms with Crippen LogP contribution in [0.15, 0.2) is 0 Å². The monoisotopic (exact) mass is 252 g/mol. The molecule has 0 aromatic carbocycles. The largest absolute Gasteiger partial charge is 0.396 e. The first-order valence-electron chi connectivity index (χ1n) is 5.58. The molecular formula is C10H20O7. The van der Waals surface area contributed by atoms with Crippen LogP contribution in [0.25, 0.3) is 0 Å². The molecule has 1 aliphatic heterocycles. The van der Waals surface area contributed by atoms with Crippen molar-refractivity contribution in [3.63, 3.8) is 0 Å². The van der Waals surface area contributed by atoms with Crippen LogP contribution in [0.2, 0.25) is 0 Å². The fourth-order valence-electron chi connectivity index (χ4n) is 1.66. The summed E-state index contributed by atoms with van der Waals surface area (Å²) in [4.78, 5) is 0. The molecule has 17 heavy (non-hydrogen) atoms. The molecule has 6 atom stereocenters. The Hall–Kier alpha value is -0.280. The Kier molecular flexibility index (Phi) is 5.74. The molecule has 0 aromatic heterocycles. The Morgan fingerprint density at radius 1 is 1.12 bits per heavy atom. The number of aliphatic hydroxyl groups is 5. The zero-order valence-corrected chi connectivity index (χ0v) is 9.64. The average Bonchev–Trinajstić information content (AvgIpc) is 2.30. The summed E-state index contributed by atoms with van der Waals surface area (Å²) >= 11 is 0. The van der Waals surface area contributed by atoms with Gasteiger partial charge in [0, 0.05) is 6.61 Å². The van der Waals surface area contributed by atoms with Gasteiger partial charge in [0.1, 0.15) is 24.4 Å². The third kappa shape index (κ3) is 3.59. The highest BCUT2D eigenvalue weighted by Crippen LogP contribution is 2.23. The second-order valence-corrected chi connectivity index (χ2v) is 4.16. The first-order chi connectivity index (χ1) is 8.01. The van der Waals surface area contributed by atoms with Gasteiger partial charge in [0.2, 0.25) is 0 Å². The predicted octanol–water partition coefficient (Wildman–Crippen LogP) is -2.43. The van der Waals surface area contributed by atoms with Gasteiger partial charge in [-0.3, -0.25) is 0 Å². The van der Waals surface area contributed by atoms with Gasteiger partial charge in [-0.1, -0.05) is 0 Å². The number of ether oxygens (including phenoxy) is 2. The Balaban J connectivity index is 2.59. The quantitative estimate of drug-likeness (QED) is 0.369. The van der Waals surface area contributed by atoms with Gasteiger partial charge in [-0.2, -0.15) is 0 Å². The van der Waals surface area contributed by atoms with Crippen LogP contribution >= 0.6 is 0 Å². The summed E-state index contributed by atoms with van der Waals surface area (Å²) < 4.78 is 10.4. The van der Waals surface area contributed by atoms with Crippen molar-refractivity contribution in [1.29, 1.82) is 0 Å². The molecule has 0 aromatic rings. The number of aliphatic hydroxyl groups excluding tert-OH is 5. The highest BCUT2D eigenvalue weighted by atomic mass is 16.7. The van der Waals surface area contributed by atoms with Crippen LogP contribution in [-0.2, 0) is 9.47 Å². The fraction of sp³-hybridized carbons (Fsp3) is 1.00. The maximum atomic E-state index is 9.63. The second-order valence-electron chi connectivity index (χ2n) is 4.16. The molecular weight excluding hydrogens is 232 g/mol. The highest BCUT2D eigenvalue weighted by molar-refractivity contribution is 4.89. The summed E-state index contributed by atoms with van der Waals surface area (Å²) in [5.74, 6) is 0. The summed E-state index contributed by atoms with van der Waals surface area (Å²) in [5.41, 5.74) is 0. The van der Waals surface area contributed by atoms with Gasteiger partial charge in [0.15, 0.2) is 6.29 Å². The minimum atomic E-state index is -1.44. The molecule has 0 saturated carbocycles. The van der Waals surface area contributed by atoms with E-state index < -0.39 is 37.3 Å². The molecule has 0 spiro atoms. The Bertz CT molecular complexity index is 223. The Labute approximate surface area is 99.2 Å². The predicted molar refractivity (Wildman–Crippen MR) is 56.0 cm³/mol. The summed E-state index contributed by atoms with van der Waals surface area (Å²) in [7, 11) is 0. The number of hydrogen-bond donors (Lipinski definition) is 5. The molecule has 0 radical (unpaired) electrons. The Morgan fingerprint density at radius 3 is 2.29 bits per heavy atom. The van der Waals surface area contributed by atoms with Crippen LogP contribution in [0, 0.1) is 0 Å². The van der Waals surface area contributed by atoms with Crippen LogP contribution in [0.3, 0.4) is 0 Å². The normalized spacial score (nSPS) is 40.2. The van der Waals surface area contributed by atoms with Gasteiger partial charge < -0.3 is 35.0 Å². The maximum absolute atomic E-state index is 9.63. The lowest BCUT2D eigenvalue weighted by atomic mass is 9.99. The van der Waals surface area contributed by atoms with Crippen molar-refractivity contribution in [3.8, 4) is 0 Å². The summed E-state index contributed by atoms with van der Waals surface area (Å²) in [5, 5.41) is 46.3. The molecule has 1 aliphatic rings. The second kappa shape index (κ2) is 6.60. The van der Waals surface area contributed by atoms with Gasteiger partial charge in [-0.25, -0.2) is 0 Å². The van der Waals surface area contributed by atoms with Crippen LogP contribution in [0.1, 0.15) is 13.3 Å². The molecule has 0 unspecified atom stereocenters.